The molecule has 0 radical (unpaired) electrons. The summed E-state index contributed by atoms with van der Waals surface area (Å²) in [6.45, 7) is -0.0670. The molecule has 16 heavy (non-hydrogen) atoms. The van der Waals surface area contributed by atoms with Crippen molar-refractivity contribution in [3.63, 3.8) is 0 Å². The molecule has 1 rings (SSSR count). The number of benzene rings is 1. The van der Waals surface area contributed by atoms with Gasteiger partial charge in [-0.1, -0.05) is 15.9 Å². The first kappa shape index (κ1) is 12.4. The molecule has 0 aliphatic carbocycles. The van der Waals surface area contributed by atoms with Crippen molar-refractivity contribution in [3.8, 4) is 0 Å². The molecule has 2 N–H and O–H groups in total. The highest BCUT2D eigenvalue weighted by Gasteiger charge is 2.18. The third kappa shape index (κ3) is 2.93. The highest BCUT2D eigenvalue weighted by Crippen LogP contribution is 2.30. The zero-order valence-electron chi connectivity index (χ0n) is 8.51. The van der Waals surface area contributed by atoms with E-state index in [1.54, 1.807) is 19.2 Å². The highest BCUT2D eigenvalue weighted by molar-refractivity contribution is 9.10. The molecule has 0 heterocycles. The maximum Gasteiger partial charge on any atom is 0.293 e. The lowest BCUT2D eigenvalue weighted by Gasteiger charge is -2.17. The second-order valence-electron chi connectivity index (χ2n) is 3.21. The number of nitro benzene ring substituents is 1. The number of nitrogens with two attached hydrogens (primary N) is 1. The molecule has 0 aliphatic rings. The Balaban J connectivity index is 3.12. The topological polar surface area (TPSA) is 89.5 Å². The molecule has 1 amide bonds. The van der Waals surface area contributed by atoms with Crippen LogP contribution in [0.25, 0.3) is 0 Å². The Bertz CT molecular complexity index is 436. The van der Waals surface area contributed by atoms with Gasteiger partial charge in [0.15, 0.2) is 0 Å². The second kappa shape index (κ2) is 4.93. The van der Waals surface area contributed by atoms with Crippen LogP contribution in [-0.4, -0.2) is 24.4 Å². The third-order valence-corrected chi connectivity index (χ3v) is 2.43. The molecule has 7 heteroatoms. The SMILES string of the molecule is CN(CC(N)=O)c1ccc(Br)cc1[N+](=O)[O-]. The van der Waals surface area contributed by atoms with Gasteiger partial charge in [0.2, 0.25) is 5.91 Å². The van der Waals surface area contributed by atoms with Crippen molar-refractivity contribution in [2.45, 2.75) is 0 Å². The normalized spacial score (nSPS) is 9.88. The number of carbonyl (C=O) groups is 1. The fourth-order valence-electron chi connectivity index (χ4n) is 1.28. The van der Waals surface area contributed by atoms with E-state index in [1.165, 1.54) is 11.0 Å². The number of anilines is 1. The van der Waals surface area contributed by atoms with E-state index in [0.29, 0.717) is 10.2 Å². The Hall–Kier alpha value is -1.63. The average Bonchev–Trinajstić information content (AvgIpc) is 2.16. The summed E-state index contributed by atoms with van der Waals surface area (Å²) < 4.78 is 0.607. The lowest BCUT2D eigenvalue weighted by molar-refractivity contribution is -0.384. The summed E-state index contributed by atoms with van der Waals surface area (Å²) in [7, 11) is 1.57. The molecule has 0 unspecified atom stereocenters. The molecule has 0 atom stereocenters. The molecule has 1 aromatic rings. The van der Waals surface area contributed by atoms with Crippen molar-refractivity contribution in [1.29, 1.82) is 0 Å². The zero-order valence-corrected chi connectivity index (χ0v) is 10.1. The Labute approximate surface area is 100 Å². The molecular formula is C9H10BrN3O3. The maximum atomic E-state index is 10.8. The van der Waals surface area contributed by atoms with Crippen LogP contribution >= 0.6 is 15.9 Å². The van der Waals surface area contributed by atoms with Crippen molar-refractivity contribution in [2.75, 3.05) is 18.5 Å². The van der Waals surface area contributed by atoms with Crippen molar-refractivity contribution in [2.24, 2.45) is 5.73 Å². The Morgan fingerprint density at radius 3 is 2.75 bits per heavy atom. The van der Waals surface area contributed by atoms with Gasteiger partial charge in [-0.05, 0) is 12.1 Å². The number of halogens is 1. The van der Waals surface area contributed by atoms with E-state index < -0.39 is 10.8 Å². The average molecular weight is 288 g/mol. The van der Waals surface area contributed by atoms with Crippen LogP contribution in [0, 0.1) is 10.1 Å². The van der Waals surface area contributed by atoms with E-state index in [0.717, 1.165) is 0 Å². The van der Waals surface area contributed by atoms with Crippen LogP contribution in [0.5, 0.6) is 0 Å². The van der Waals surface area contributed by atoms with Gasteiger partial charge in [-0.3, -0.25) is 14.9 Å². The van der Waals surface area contributed by atoms with Crippen molar-refractivity contribution in [3.05, 3.63) is 32.8 Å². The predicted molar refractivity (Wildman–Crippen MR) is 63.3 cm³/mol. The van der Waals surface area contributed by atoms with Crippen molar-refractivity contribution >= 4 is 33.2 Å². The van der Waals surface area contributed by atoms with E-state index in [4.69, 9.17) is 5.73 Å². The molecule has 0 spiro atoms. The molecule has 0 fully saturated rings. The summed E-state index contributed by atoms with van der Waals surface area (Å²) in [5.41, 5.74) is 5.31. The van der Waals surface area contributed by atoms with E-state index >= 15 is 0 Å². The second-order valence-corrected chi connectivity index (χ2v) is 4.13. The summed E-state index contributed by atoms with van der Waals surface area (Å²) in [5, 5.41) is 10.8. The quantitative estimate of drug-likeness (QED) is 0.667. The fourth-order valence-corrected chi connectivity index (χ4v) is 1.63. The predicted octanol–water partition coefficient (Wildman–Crippen LogP) is 1.28. The summed E-state index contributed by atoms with van der Waals surface area (Å²) in [6.07, 6.45) is 0. The van der Waals surface area contributed by atoms with Gasteiger partial charge in [-0.15, -0.1) is 0 Å². The minimum atomic E-state index is -0.542. The summed E-state index contributed by atoms with van der Waals surface area (Å²) in [6, 6.07) is 4.61. The van der Waals surface area contributed by atoms with Crippen LogP contribution < -0.4 is 10.6 Å². The van der Waals surface area contributed by atoms with Gasteiger partial charge in [-0.25, -0.2) is 0 Å². The van der Waals surface area contributed by atoms with E-state index in [1.807, 2.05) is 0 Å². The number of carbonyl (C=O) groups excluding carboxylic acids is 1. The molecule has 0 aromatic heterocycles. The van der Waals surface area contributed by atoms with Crippen LogP contribution in [0.2, 0.25) is 0 Å². The molecule has 0 saturated carbocycles. The zero-order chi connectivity index (χ0) is 12.3. The molecule has 1 aromatic carbocycles. The Morgan fingerprint density at radius 1 is 1.62 bits per heavy atom. The number of amides is 1. The first-order chi connectivity index (χ1) is 7.41. The molecular weight excluding hydrogens is 278 g/mol. The van der Waals surface area contributed by atoms with Crippen LogP contribution in [0.4, 0.5) is 11.4 Å². The lowest BCUT2D eigenvalue weighted by atomic mass is 10.2. The van der Waals surface area contributed by atoms with Crippen LogP contribution in [0.1, 0.15) is 0 Å². The number of likely N-dealkylation sites (N-methyl/N-ethyl adjacent to an activating group) is 1. The molecule has 0 saturated heterocycles. The fraction of sp³-hybridized carbons (Fsp3) is 0.222. The molecule has 6 nitrogen and oxygen atoms in total. The first-order valence-electron chi connectivity index (χ1n) is 4.35. The summed E-state index contributed by atoms with van der Waals surface area (Å²) >= 11 is 3.15. The van der Waals surface area contributed by atoms with Gasteiger partial charge in [0, 0.05) is 17.6 Å². The van der Waals surface area contributed by atoms with Gasteiger partial charge in [0.25, 0.3) is 5.69 Å². The van der Waals surface area contributed by atoms with Crippen LogP contribution in [0.3, 0.4) is 0 Å². The van der Waals surface area contributed by atoms with E-state index in [-0.39, 0.29) is 12.2 Å². The highest BCUT2D eigenvalue weighted by atomic mass is 79.9. The maximum absolute atomic E-state index is 10.8. The lowest BCUT2D eigenvalue weighted by Crippen LogP contribution is -2.30. The number of rotatable bonds is 4. The van der Waals surface area contributed by atoms with Gasteiger partial charge >= 0.3 is 0 Å². The van der Waals surface area contributed by atoms with Crippen molar-refractivity contribution in [1.82, 2.24) is 0 Å². The Kier molecular flexibility index (Phi) is 3.83. The number of hydrogen-bond donors (Lipinski definition) is 1. The standard InChI is InChI=1S/C9H10BrN3O3/c1-12(5-9(11)14)7-3-2-6(10)4-8(7)13(15)16/h2-4H,5H2,1H3,(H2,11,14). The number of primary amides is 1. The number of nitro groups is 1. The smallest absolute Gasteiger partial charge is 0.293 e. The van der Waals surface area contributed by atoms with E-state index in [2.05, 4.69) is 15.9 Å². The minimum Gasteiger partial charge on any atom is -0.368 e. The molecule has 86 valence electrons. The van der Waals surface area contributed by atoms with Gasteiger partial charge in [0.05, 0.1) is 11.5 Å². The van der Waals surface area contributed by atoms with Gasteiger partial charge in [-0.2, -0.15) is 0 Å². The molecule has 0 bridgehead atoms. The summed E-state index contributed by atoms with van der Waals surface area (Å²) in [5.74, 6) is -0.542. The summed E-state index contributed by atoms with van der Waals surface area (Å²) in [4.78, 5) is 22.5. The molecule has 0 aliphatic heterocycles. The van der Waals surface area contributed by atoms with Crippen LogP contribution in [0.15, 0.2) is 22.7 Å². The third-order valence-electron chi connectivity index (χ3n) is 1.94. The van der Waals surface area contributed by atoms with Crippen molar-refractivity contribution < 1.29 is 9.72 Å². The van der Waals surface area contributed by atoms with Crippen LogP contribution in [-0.2, 0) is 4.79 Å². The number of nitrogens with zero attached hydrogens (tertiary/aromatic N) is 2. The van der Waals surface area contributed by atoms with E-state index in [9.17, 15) is 14.9 Å². The van der Waals surface area contributed by atoms with Gasteiger partial charge < -0.3 is 10.6 Å². The minimum absolute atomic E-state index is 0.0670. The van der Waals surface area contributed by atoms with Gasteiger partial charge in [0.1, 0.15) is 5.69 Å². The Morgan fingerprint density at radius 2 is 2.25 bits per heavy atom. The largest absolute Gasteiger partial charge is 0.368 e. The number of hydrogen-bond acceptors (Lipinski definition) is 4. The first-order valence-corrected chi connectivity index (χ1v) is 5.14. The monoisotopic (exact) mass is 287 g/mol.